The average Bonchev–Trinajstić information content (AvgIpc) is 3.38. The Morgan fingerprint density at radius 1 is 1.16 bits per heavy atom. The van der Waals surface area contributed by atoms with E-state index in [1.54, 1.807) is 31.3 Å². The van der Waals surface area contributed by atoms with Gasteiger partial charge in [-0.25, -0.2) is 17.9 Å². The molecule has 1 amide bonds. The van der Waals surface area contributed by atoms with Gasteiger partial charge in [-0.1, -0.05) is 53.5 Å². The molecule has 1 aliphatic heterocycles. The number of aliphatic hydroxyl groups excluding tert-OH is 1. The molecule has 2 aromatic carbocycles. The quantitative estimate of drug-likeness (QED) is 0.341. The minimum atomic E-state index is -3.26. The number of ether oxygens (including phenoxy) is 1. The van der Waals surface area contributed by atoms with Crippen molar-refractivity contribution in [1.29, 1.82) is 0 Å². The maximum Gasteiger partial charge on any atom is 0.261 e. The van der Waals surface area contributed by atoms with Crippen LogP contribution in [0.1, 0.15) is 23.7 Å². The second kappa shape index (κ2) is 10.2. The molecule has 5 rings (SSSR count). The molecule has 9 nitrogen and oxygen atoms in total. The fourth-order valence-corrected chi connectivity index (χ4v) is 7.07. The third kappa shape index (κ3) is 5.09. The zero-order valence-electron chi connectivity index (χ0n) is 20.3. The van der Waals surface area contributed by atoms with Crippen LogP contribution in [0.3, 0.4) is 0 Å². The standard InChI is InChI=1S/C26H24Cl2N4O5S/c1-26(10-13-38(35,36)15-26)30-24(34)21-23-29-14-19(18-4-2-3-5-20(18)28)22(16-6-8-17(27)9-7-16)32(23)31-25(21)37-12-11-33/h2-9,14,33H,10-13,15H2,1H3,(H,30,34). The third-order valence-corrected chi connectivity index (χ3v) is 8.85. The Kier molecular flexibility index (Phi) is 7.08. The Morgan fingerprint density at radius 3 is 2.55 bits per heavy atom. The lowest BCUT2D eigenvalue weighted by molar-refractivity contribution is 0.0911. The first-order chi connectivity index (χ1) is 18.1. The van der Waals surface area contributed by atoms with Gasteiger partial charge in [-0.05, 0) is 31.5 Å². The highest BCUT2D eigenvalue weighted by molar-refractivity contribution is 7.91. The molecule has 2 aromatic heterocycles. The Balaban J connectivity index is 1.72. The maximum absolute atomic E-state index is 13.6. The Labute approximate surface area is 229 Å². The lowest BCUT2D eigenvalue weighted by atomic mass is 10.0. The Bertz CT molecular complexity index is 1640. The van der Waals surface area contributed by atoms with Crippen molar-refractivity contribution in [3.63, 3.8) is 0 Å². The van der Waals surface area contributed by atoms with E-state index in [-0.39, 0.29) is 48.2 Å². The number of carbonyl (C=O) groups is 1. The van der Waals surface area contributed by atoms with Crippen LogP contribution >= 0.6 is 23.2 Å². The van der Waals surface area contributed by atoms with E-state index < -0.39 is 21.3 Å². The summed E-state index contributed by atoms with van der Waals surface area (Å²) in [5.74, 6) is -0.794. The number of halogens is 2. The van der Waals surface area contributed by atoms with Crippen molar-refractivity contribution in [2.75, 3.05) is 24.7 Å². The van der Waals surface area contributed by atoms with Gasteiger partial charge in [0.2, 0.25) is 5.88 Å². The van der Waals surface area contributed by atoms with Crippen LogP contribution in [0.15, 0.2) is 54.7 Å². The number of amides is 1. The molecule has 2 N–H and O–H groups in total. The minimum Gasteiger partial charge on any atom is -0.474 e. The van der Waals surface area contributed by atoms with Gasteiger partial charge in [0.05, 0.1) is 29.3 Å². The topological polar surface area (TPSA) is 123 Å². The molecule has 0 spiro atoms. The normalized spacial score (nSPS) is 18.5. The van der Waals surface area contributed by atoms with Crippen LogP contribution in [0.2, 0.25) is 10.0 Å². The van der Waals surface area contributed by atoms with Crippen LogP contribution in [-0.2, 0) is 9.84 Å². The summed E-state index contributed by atoms with van der Waals surface area (Å²) in [4.78, 5) is 18.2. The summed E-state index contributed by atoms with van der Waals surface area (Å²) in [6.45, 7) is 1.29. The highest BCUT2D eigenvalue weighted by atomic mass is 35.5. The van der Waals surface area contributed by atoms with E-state index in [9.17, 15) is 18.3 Å². The molecule has 1 aliphatic rings. The summed E-state index contributed by atoms with van der Waals surface area (Å²) in [5, 5.41) is 17.8. The van der Waals surface area contributed by atoms with Gasteiger partial charge in [0.1, 0.15) is 12.2 Å². The number of hydrogen-bond acceptors (Lipinski definition) is 7. The average molecular weight is 575 g/mol. The molecule has 1 saturated heterocycles. The number of sulfone groups is 1. The van der Waals surface area contributed by atoms with E-state index in [1.165, 1.54) is 4.52 Å². The van der Waals surface area contributed by atoms with E-state index in [0.29, 0.717) is 26.9 Å². The van der Waals surface area contributed by atoms with Crippen LogP contribution in [0.25, 0.3) is 28.0 Å². The highest BCUT2D eigenvalue weighted by Crippen LogP contribution is 2.38. The van der Waals surface area contributed by atoms with Gasteiger partial charge in [0.25, 0.3) is 5.91 Å². The number of fused-ring (bicyclic) bond motifs is 1. The molecular weight excluding hydrogens is 551 g/mol. The molecule has 12 heteroatoms. The van der Waals surface area contributed by atoms with E-state index >= 15 is 0 Å². The monoisotopic (exact) mass is 574 g/mol. The maximum atomic E-state index is 13.6. The molecule has 1 atom stereocenters. The number of aliphatic hydroxyl groups is 1. The van der Waals surface area contributed by atoms with Gasteiger partial charge in [-0.15, -0.1) is 5.10 Å². The molecule has 3 heterocycles. The molecule has 0 bridgehead atoms. The molecule has 198 valence electrons. The van der Waals surface area contributed by atoms with Gasteiger partial charge >= 0.3 is 0 Å². The molecule has 0 aliphatic carbocycles. The van der Waals surface area contributed by atoms with E-state index in [0.717, 1.165) is 5.56 Å². The second-order valence-electron chi connectivity index (χ2n) is 9.35. The van der Waals surface area contributed by atoms with Crippen molar-refractivity contribution in [2.45, 2.75) is 18.9 Å². The number of rotatable bonds is 7. The minimum absolute atomic E-state index is 0.00737. The van der Waals surface area contributed by atoms with Gasteiger partial charge < -0.3 is 15.2 Å². The van der Waals surface area contributed by atoms with E-state index in [2.05, 4.69) is 15.4 Å². The van der Waals surface area contributed by atoms with Crippen LogP contribution in [0, 0.1) is 0 Å². The van der Waals surface area contributed by atoms with Gasteiger partial charge in [0, 0.05) is 32.9 Å². The van der Waals surface area contributed by atoms with Gasteiger partial charge in [-0.2, -0.15) is 0 Å². The number of aromatic nitrogens is 3. The van der Waals surface area contributed by atoms with Crippen LogP contribution < -0.4 is 10.1 Å². The molecular formula is C26H24Cl2N4O5S. The number of nitrogens with one attached hydrogen (secondary N) is 1. The number of carbonyl (C=O) groups excluding carboxylic acids is 1. The van der Waals surface area contributed by atoms with Crippen molar-refractivity contribution in [3.8, 4) is 28.3 Å². The first kappa shape index (κ1) is 26.4. The number of benzene rings is 2. The fraction of sp³-hybridized carbons (Fsp3) is 0.269. The van der Waals surface area contributed by atoms with Crippen LogP contribution in [0.5, 0.6) is 5.88 Å². The predicted octanol–water partition coefficient (Wildman–Crippen LogP) is 4.05. The lowest BCUT2D eigenvalue weighted by Crippen LogP contribution is -2.47. The Hall–Kier alpha value is -3.18. The second-order valence-corrected chi connectivity index (χ2v) is 12.4. The molecule has 1 fully saturated rings. The predicted molar refractivity (Wildman–Crippen MR) is 146 cm³/mol. The highest BCUT2D eigenvalue weighted by Gasteiger charge is 2.41. The van der Waals surface area contributed by atoms with Crippen molar-refractivity contribution in [1.82, 2.24) is 19.9 Å². The van der Waals surface area contributed by atoms with E-state index in [4.69, 9.17) is 27.9 Å². The van der Waals surface area contributed by atoms with Gasteiger partial charge in [0.15, 0.2) is 15.5 Å². The molecule has 0 radical (unpaired) electrons. The summed E-state index contributed by atoms with van der Waals surface area (Å²) in [6, 6.07) is 14.4. The summed E-state index contributed by atoms with van der Waals surface area (Å²) in [6.07, 6.45) is 1.89. The number of hydrogen-bond donors (Lipinski definition) is 2. The van der Waals surface area contributed by atoms with Crippen molar-refractivity contribution < 1.29 is 23.1 Å². The van der Waals surface area contributed by atoms with Crippen LogP contribution in [-0.4, -0.2) is 64.3 Å². The molecule has 38 heavy (non-hydrogen) atoms. The van der Waals surface area contributed by atoms with Crippen molar-refractivity contribution in [3.05, 3.63) is 70.3 Å². The molecule has 1 unspecified atom stereocenters. The van der Waals surface area contributed by atoms with Crippen LogP contribution in [0.4, 0.5) is 0 Å². The van der Waals surface area contributed by atoms with Crippen molar-refractivity contribution in [2.24, 2.45) is 0 Å². The van der Waals surface area contributed by atoms with E-state index in [1.807, 2.05) is 30.3 Å². The Morgan fingerprint density at radius 2 is 1.89 bits per heavy atom. The first-order valence-corrected chi connectivity index (χ1v) is 14.4. The first-order valence-electron chi connectivity index (χ1n) is 11.8. The lowest BCUT2D eigenvalue weighted by Gasteiger charge is -2.23. The molecule has 0 saturated carbocycles. The SMILES string of the molecule is CC1(NC(=O)c2c(OCCO)nn3c(-c4ccc(Cl)cc4)c(-c4ccccc4Cl)cnc23)CCS(=O)(=O)C1. The summed E-state index contributed by atoms with van der Waals surface area (Å²) in [7, 11) is -3.26. The number of nitrogens with zero attached hydrogens (tertiary/aromatic N) is 3. The van der Waals surface area contributed by atoms with Gasteiger partial charge in [-0.3, -0.25) is 4.79 Å². The zero-order chi connectivity index (χ0) is 27.1. The largest absolute Gasteiger partial charge is 0.474 e. The smallest absolute Gasteiger partial charge is 0.261 e. The summed E-state index contributed by atoms with van der Waals surface area (Å²) >= 11 is 12.7. The zero-order valence-corrected chi connectivity index (χ0v) is 22.6. The summed E-state index contributed by atoms with van der Waals surface area (Å²) in [5.41, 5.74) is 1.95. The summed E-state index contributed by atoms with van der Waals surface area (Å²) < 4.78 is 31.4. The third-order valence-electron chi connectivity index (χ3n) is 6.37. The van der Waals surface area contributed by atoms with Crippen molar-refractivity contribution >= 4 is 44.6 Å². The fourth-order valence-electron chi connectivity index (χ4n) is 4.62. The molecule has 4 aromatic rings.